The van der Waals surface area contributed by atoms with E-state index in [-0.39, 0.29) is 25.3 Å². The number of amides is 4. The van der Waals surface area contributed by atoms with Gasteiger partial charge < -0.3 is 29.1 Å². The summed E-state index contributed by atoms with van der Waals surface area (Å²) in [6.45, 7) is 1.34. The van der Waals surface area contributed by atoms with E-state index in [1.807, 2.05) is 36.4 Å². The highest BCUT2D eigenvalue weighted by Gasteiger charge is 2.62. The Morgan fingerprint density at radius 1 is 1.08 bits per heavy atom. The van der Waals surface area contributed by atoms with Crippen molar-refractivity contribution in [3.8, 4) is 17.2 Å². The average molecular weight is 744 g/mol. The maximum atomic E-state index is 14.4. The second kappa shape index (κ2) is 13.7. The van der Waals surface area contributed by atoms with Crippen molar-refractivity contribution < 1.29 is 41.2 Å². The molecule has 5 atom stereocenters. The molecule has 2 aliphatic carbocycles. The van der Waals surface area contributed by atoms with Crippen molar-refractivity contribution in [2.24, 2.45) is 5.92 Å². The molecule has 0 unspecified atom stereocenters. The second-order valence-electron chi connectivity index (χ2n) is 14.5. The number of furan rings is 2. The van der Waals surface area contributed by atoms with Crippen LogP contribution in [-0.4, -0.2) is 77.5 Å². The number of fused-ring (bicyclic) bond motifs is 5. The van der Waals surface area contributed by atoms with Gasteiger partial charge in [0.25, 0.3) is 5.91 Å². The molecule has 5 heterocycles. The van der Waals surface area contributed by atoms with Crippen LogP contribution in [0.2, 0.25) is 0 Å². The smallest absolute Gasteiger partial charge is 0.259 e. The van der Waals surface area contributed by atoms with Crippen LogP contribution < -0.4 is 20.1 Å². The predicted octanol–water partition coefficient (Wildman–Crippen LogP) is 4.10. The number of hydrogen-bond acceptors (Lipinski definition) is 10. The largest absolute Gasteiger partial charge is 0.484 e. The number of nitrogens with zero attached hydrogens (tertiary/aromatic N) is 2. The van der Waals surface area contributed by atoms with Gasteiger partial charge in [-0.25, -0.2) is 13.4 Å². The first kappa shape index (κ1) is 34.9. The first-order chi connectivity index (χ1) is 25.5. The van der Waals surface area contributed by atoms with Crippen LogP contribution in [0.5, 0.6) is 5.75 Å². The van der Waals surface area contributed by atoms with Gasteiger partial charge in [-0.15, -0.1) is 0 Å². The van der Waals surface area contributed by atoms with E-state index >= 15 is 0 Å². The van der Waals surface area contributed by atoms with Crippen LogP contribution >= 0.6 is 0 Å². The third-order valence-electron chi connectivity index (χ3n) is 10.6. The van der Waals surface area contributed by atoms with Crippen LogP contribution in [0.15, 0.2) is 69.7 Å². The van der Waals surface area contributed by atoms with Crippen molar-refractivity contribution >= 4 is 55.7 Å². The molecule has 3 fully saturated rings. The lowest BCUT2D eigenvalue weighted by Crippen LogP contribution is -2.58. The zero-order valence-electron chi connectivity index (χ0n) is 29.2. The third-order valence-corrected chi connectivity index (χ3v) is 12.4. The zero-order chi connectivity index (χ0) is 36.9. The number of allylic oxidation sites excluding steroid dienone is 1. The number of sulfonamides is 1. The topological polar surface area (TPSA) is 190 Å². The molecule has 1 aromatic carbocycles. The normalized spacial score (nSPS) is 27.2. The lowest BCUT2D eigenvalue weighted by molar-refractivity contribution is -0.142. The zero-order valence-corrected chi connectivity index (χ0v) is 30.0. The van der Waals surface area contributed by atoms with E-state index in [0.29, 0.717) is 66.0 Å². The second-order valence-corrected chi connectivity index (χ2v) is 16.5. The van der Waals surface area contributed by atoms with E-state index in [2.05, 4.69) is 15.4 Å². The molecule has 8 rings (SSSR count). The number of ether oxygens (including phenoxy) is 1. The monoisotopic (exact) mass is 743 g/mol. The Hall–Kier alpha value is -5.18. The van der Waals surface area contributed by atoms with E-state index in [9.17, 15) is 27.6 Å². The maximum absolute atomic E-state index is 14.4. The molecule has 3 aromatic heterocycles. The molecule has 278 valence electrons. The fourth-order valence-corrected chi connectivity index (χ4v) is 8.93. The van der Waals surface area contributed by atoms with Crippen LogP contribution in [0.25, 0.3) is 33.5 Å². The fourth-order valence-electron chi connectivity index (χ4n) is 7.56. The van der Waals surface area contributed by atoms with Gasteiger partial charge in [-0.3, -0.25) is 23.9 Å². The Morgan fingerprint density at radius 3 is 2.68 bits per heavy atom. The molecule has 15 heteroatoms. The summed E-state index contributed by atoms with van der Waals surface area (Å²) in [5.74, 6) is -1.80. The summed E-state index contributed by atoms with van der Waals surface area (Å²) in [4.78, 5) is 60.9. The van der Waals surface area contributed by atoms with Gasteiger partial charge in [0.1, 0.15) is 40.5 Å². The highest BCUT2D eigenvalue weighted by molar-refractivity contribution is 7.91. The number of nitrogens with one attached hydrogen (secondary N) is 3. The van der Waals surface area contributed by atoms with Gasteiger partial charge in [-0.2, -0.15) is 0 Å². The van der Waals surface area contributed by atoms with Crippen molar-refractivity contribution in [2.45, 2.75) is 93.7 Å². The number of pyridine rings is 1. The molecule has 14 nitrogen and oxygen atoms in total. The molecule has 4 aliphatic rings. The Bertz CT molecular complexity index is 2230. The number of carbonyl (C=O) groups excluding carboxylic acids is 4. The maximum Gasteiger partial charge on any atom is 0.259 e. The van der Waals surface area contributed by atoms with Gasteiger partial charge in [0.05, 0.1) is 18.1 Å². The first-order valence-electron chi connectivity index (χ1n) is 18.2. The van der Waals surface area contributed by atoms with E-state index in [0.717, 1.165) is 18.2 Å². The fraction of sp³-hybridized carbons (Fsp3) is 0.447. The molecular weight excluding hydrogens is 703 g/mol. The first-order valence-corrected chi connectivity index (χ1v) is 19.7. The predicted molar refractivity (Wildman–Crippen MR) is 193 cm³/mol. The summed E-state index contributed by atoms with van der Waals surface area (Å²) in [6.07, 6.45) is 9.22. The molecule has 1 saturated heterocycles. The Balaban J connectivity index is 1.14. The molecule has 53 heavy (non-hydrogen) atoms. The molecule has 0 radical (unpaired) electrons. The summed E-state index contributed by atoms with van der Waals surface area (Å²) >= 11 is 0. The molecule has 0 spiro atoms. The van der Waals surface area contributed by atoms with Crippen molar-refractivity contribution in [1.29, 1.82) is 0 Å². The van der Waals surface area contributed by atoms with Crippen molar-refractivity contribution in [3.63, 3.8) is 0 Å². The van der Waals surface area contributed by atoms with Gasteiger partial charge in [0.2, 0.25) is 27.7 Å². The van der Waals surface area contributed by atoms with E-state index < -0.39 is 62.6 Å². The number of hydrogen-bond donors (Lipinski definition) is 3. The summed E-state index contributed by atoms with van der Waals surface area (Å²) in [5, 5.41) is 5.81. The van der Waals surface area contributed by atoms with Crippen LogP contribution in [0, 0.1) is 5.92 Å². The summed E-state index contributed by atoms with van der Waals surface area (Å²) < 4.78 is 46.3. The Kier molecular flexibility index (Phi) is 8.99. The standard InChI is InChI=1S/C38H41N5O9S/c1-22(44)39-27-12-6-4-2-3-5-10-23-20-38(23,37(47)42-53(48,49)25-15-16-25)41-35(45)29-18-24(21-43(29)36(27)46)51-32-19-28(31-14-9-17-50-31)40-33-26-11-7-8-13-30(26)52-34(32)33/h5,7-11,13-14,17,19,23-25,27,29H,2-4,6,12,15-16,18,20-21H2,1H3,(H,39,44)(H,41,45)(H,42,47)/b10-5-/t23-,24+,27-,29-,38+/m0/s1. The highest BCUT2D eigenvalue weighted by atomic mass is 32.2. The van der Waals surface area contributed by atoms with Crippen LogP contribution in [0.4, 0.5) is 0 Å². The van der Waals surface area contributed by atoms with Crippen LogP contribution in [0.1, 0.15) is 64.7 Å². The number of rotatable bonds is 7. The Morgan fingerprint density at radius 2 is 1.91 bits per heavy atom. The third kappa shape index (κ3) is 6.89. The summed E-state index contributed by atoms with van der Waals surface area (Å²) in [5.41, 5.74) is 0.544. The van der Waals surface area contributed by atoms with Gasteiger partial charge in [0.15, 0.2) is 17.1 Å². The minimum Gasteiger partial charge on any atom is -0.484 e. The van der Waals surface area contributed by atoms with Crippen molar-refractivity contribution in [3.05, 3.63) is 60.9 Å². The average Bonchev–Trinajstić information content (AvgIpc) is 3.92. The number of aromatic nitrogens is 1. The molecule has 4 amide bonds. The van der Waals surface area contributed by atoms with Crippen molar-refractivity contribution in [1.82, 2.24) is 25.2 Å². The Labute approximate surface area is 305 Å². The van der Waals surface area contributed by atoms with Gasteiger partial charge >= 0.3 is 0 Å². The van der Waals surface area contributed by atoms with E-state index in [1.54, 1.807) is 24.5 Å². The molecule has 2 saturated carbocycles. The van der Waals surface area contributed by atoms with Crippen LogP contribution in [-0.2, 0) is 29.2 Å². The number of carbonyl (C=O) groups is 4. The lowest BCUT2D eigenvalue weighted by Gasteiger charge is -2.29. The molecular formula is C38H41N5O9S. The number of benzene rings is 1. The van der Waals surface area contributed by atoms with E-state index in [1.165, 1.54) is 11.8 Å². The van der Waals surface area contributed by atoms with Gasteiger partial charge in [-0.05, 0) is 62.8 Å². The van der Waals surface area contributed by atoms with E-state index in [4.69, 9.17) is 18.6 Å². The summed E-state index contributed by atoms with van der Waals surface area (Å²) in [7, 11) is -3.89. The molecule has 2 aliphatic heterocycles. The lowest BCUT2D eigenvalue weighted by atomic mass is 10.0. The molecule has 4 aromatic rings. The number of para-hydroxylation sites is 1. The van der Waals surface area contributed by atoms with Crippen molar-refractivity contribution in [2.75, 3.05) is 6.54 Å². The SMILES string of the molecule is CC(=O)N[C@H]1CCCCC/C=C\[C@H]2C[C@@]2(C(=O)NS(=O)(=O)C2CC2)NC(=O)[C@@H]2C[C@@H](Oc3cc(-c4ccco4)nc4c3oc3ccccc34)CN2C1=O. The minimum absolute atomic E-state index is 0.00821. The summed E-state index contributed by atoms with van der Waals surface area (Å²) in [6, 6.07) is 10.7. The quantitative estimate of drug-likeness (QED) is 0.233. The van der Waals surface area contributed by atoms with Gasteiger partial charge in [0, 0.05) is 30.7 Å². The van der Waals surface area contributed by atoms with Crippen LogP contribution in [0.3, 0.4) is 0 Å². The molecule has 3 N–H and O–H groups in total. The minimum atomic E-state index is -3.89. The highest BCUT2D eigenvalue weighted by Crippen LogP contribution is 2.46. The van der Waals surface area contributed by atoms with Gasteiger partial charge in [-0.1, -0.05) is 37.1 Å². The molecule has 0 bridgehead atoms.